The van der Waals surface area contributed by atoms with Crippen molar-refractivity contribution in [2.75, 3.05) is 12.3 Å². The average molecular weight is 206 g/mol. The summed E-state index contributed by atoms with van der Waals surface area (Å²) in [5, 5.41) is 0. The van der Waals surface area contributed by atoms with Gasteiger partial charge < -0.3 is 0 Å². The molecule has 4 heteroatoms. The maximum Gasteiger partial charge on any atom is 0.211 e. The van der Waals surface area contributed by atoms with Gasteiger partial charge in [-0.2, -0.15) is 0 Å². The molecule has 0 aliphatic rings. The van der Waals surface area contributed by atoms with Gasteiger partial charge in [0.05, 0.1) is 5.75 Å². The molecule has 3 nitrogen and oxygen atoms in total. The number of rotatable bonds is 8. The van der Waals surface area contributed by atoms with Crippen molar-refractivity contribution in [3.05, 3.63) is 6.92 Å². The van der Waals surface area contributed by atoms with Gasteiger partial charge in [-0.15, -0.1) is 0 Å². The summed E-state index contributed by atoms with van der Waals surface area (Å²) in [6.07, 6.45) is 4.38. The van der Waals surface area contributed by atoms with Crippen molar-refractivity contribution in [2.24, 2.45) is 0 Å². The van der Waals surface area contributed by atoms with E-state index in [1.165, 1.54) is 0 Å². The van der Waals surface area contributed by atoms with Gasteiger partial charge >= 0.3 is 0 Å². The first-order valence-electron chi connectivity index (χ1n) is 4.89. The molecule has 1 radical (unpaired) electrons. The number of hydrogen-bond acceptors (Lipinski definition) is 2. The van der Waals surface area contributed by atoms with E-state index >= 15 is 0 Å². The summed E-state index contributed by atoms with van der Waals surface area (Å²) in [4.78, 5) is 0. The third-order valence-corrected chi connectivity index (χ3v) is 3.24. The van der Waals surface area contributed by atoms with Crippen LogP contribution in [0.25, 0.3) is 0 Å². The Morgan fingerprint density at radius 3 is 2.46 bits per heavy atom. The zero-order valence-corrected chi connectivity index (χ0v) is 9.20. The summed E-state index contributed by atoms with van der Waals surface area (Å²) in [5.41, 5.74) is 0. The number of hydrogen-bond donors (Lipinski definition) is 1. The molecule has 0 aliphatic carbocycles. The fraction of sp³-hybridized carbons (Fsp3) is 0.889. The zero-order chi connectivity index (χ0) is 10.2. The Balaban J connectivity index is 3.55. The predicted octanol–water partition coefficient (Wildman–Crippen LogP) is 1.71. The second kappa shape index (κ2) is 7.33. The molecule has 0 aromatic rings. The number of nitrogens with one attached hydrogen (secondary N) is 1. The Morgan fingerprint density at radius 1 is 1.23 bits per heavy atom. The fourth-order valence-corrected chi connectivity index (χ4v) is 2.15. The van der Waals surface area contributed by atoms with E-state index in [0.717, 1.165) is 32.1 Å². The van der Waals surface area contributed by atoms with Crippen LogP contribution in [0.15, 0.2) is 0 Å². The molecule has 0 atom stereocenters. The van der Waals surface area contributed by atoms with E-state index in [-0.39, 0.29) is 5.75 Å². The zero-order valence-electron chi connectivity index (χ0n) is 8.38. The van der Waals surface area contributed by atoms with E-state index in [1.807, 2.05) is 0 Å². The molecule has 13 heavy (non-hydrogen) atoms. The van der Waals surface area contributed by atoms with Crippen LogP contribution in [0.3, 0.4) is 0 Å². The van der Waals surface area contributed by atoms with E-state index in [0.29, 0.717) is 6.54 Å². The lowest BCUT2D eigenvalue weighted by molar-refractivity contribution is 0.574. The monoisotopic (exact) mass is 206 g/mol. The molecule has 0 saturated heterocycles. The highest BCUT2D eigenvalue weighted by molar-refractivity contribution is 7.89. The SMILES string of the molecule is [CH2]CCCNS(=O)(=O)CCCCC. The first-order chi connectivity index (χ1) is 6.12. The third kappa shape index (κ3) is 8.25. The highest BCUT2D eigenvalue weighted by Gasteiger charge is 2.07. The molecule has 79 valence electrons. The predicted molar refractivity (Wildman–Crippen MR) is 55.9 cm³/mol. The first kappa shape index (κ1) is 12.9. The van der Waals surface area contributed by atoms with Gasteiger partial charge in [0.2, 0.25) is 10.0 Å². The molecule has 0 bridgehead atoms. The highest BCUT2D eigenvalue weighted by atomic mass is 32.2. The van der Waals surface area contributed by atoms with Crippen LogP contribution in [-0.4, -0.2) is 20.7 Å². The molecule has 0 fully saturated rings. The summed E-state index contributed by atoms with van der Waals surface area (Å²) in [5.74, 6) is 0.262. The second-order valence-electron chi connectivity index (χ2n) is 3.13. The molecule has 0 saturated carbocycles. The summed E-state index contributed by atoms with van der Waals surface area (Å²) in [6, 6.07) is 0. The van der Waals surface area contributed by atoms with Gasteiger partial charge in [0, 0.05) is 6.54 Å². The van der Waals surface area contributed by atoms with Crippen LogP contribution in [0.2, 0.25) is 0 Å². The van der Waals surface area contributed by atoms with Crippen molar-refractivity contribution in [1.29, 1.82) is 0 Å². The summed E-state index contributed by atoms with van der Waals surface area (Å²) < 4.78 is 25.0. The van der Waals surface area contributed by atoms with Crippen LogP contribution in [0.1, 0.15) is 39.0 Å². The van der Waals surface area contributed by atoms with E-state index < -0.39 is 10.0 Å². The highest BCUT2D eigenvalue weighted by Crippen LogP contribution is 1.97. The largest absolute Gasteiger partial charge is 0.215 e. The topological polar surface area (TPSA) is 46.2 Å². The average Bonchev–Trinajstić information content (AvgIpc) is 2.05. The molecular weight excluding hydrogens is 186 g/mol. The standard InChI is InChI=1S/C9H20NO2S/c1-3-5-7-9-13(11,12)10-8-6-4-2/h10H,2-9H2,1H3. The lowest BCUT2D eigenvalue weighted by atomic mass is 10.3. The first-order valence-corrected chi connectivity index (χ1v) is 6.54. The minimum absolute atomic E-state index is 0.262. The number of sulfonamides is 1. The van der Waals surface area contributed by atoms with Gasteiger partial charge in [0.15, 0.2) is 0 Å². The van der Waals surface area contributed by atoms with Crippen LogP contribution in [-0.2, 0) is 10.0 Å². The van der Waals surface area contributed by atoms with Gasteiger partial charge in [0.1, 0.15) is 0 Å². The minimum atomic E-state index is -3.00. The van der Waals surface area contributed by atoms with Crippen LogP contribution >= 0.6 is 0 Å². The van der Waals surface area contributed by atoms with Crippen molar-refractivity contribution in [2.45, 2.75) is 39.0 Å². The van der Waals surface area contributed by atoms with Gasteiger partial charge in [-0.25, -0.2) is 13.1 Å². The molecular formula is C9H20NO2S. The summed E-state index contributed by atoms with van der Waals surface area (Å²) in [6.45, 7) is 6.23. The molecule has 0 aliphatic heterocycles. The van der Waals surface area contributed by atoms with Gasteiger partial charge in [-0.1, -0.05) is 33.1 Å². The molecule has 0 heterocycles. The minimum Gasteiger partial charge on any atom is -0.215 e. The Hall–Kier alpha value is -0.0900. The van der Waals surface area contributed by atoms with Gasteiger partial charge in [-0.05, 0) is 12.8 Å². The lowest BCUT2D eigenvalue weighted by Crippen LogP contribution is -2.27. The molecule has 0 spiro atoms. The molecule has 0 rings (SSSR count). The number of unbranched alkanes of at least 4 members (excludes halogenated alkanes) is 3. The van der Waals surface area contributed by atoms with Crippen LogP contribution in [0, 0.1) is 6.92 Å². The van der Waals surface area contributed by atoms with Gasteiger partial charge in [0.25, 0.3) is 0 Å². The Kier molecular flexibility index (Phi) is 7.28. The van der Waals surface area contributed by atoms with Crippen molar-refractivity contribution in [3.8, 4) is 0 Å². The molecule has 0 aromatic carbocycles. The van der Waals surface area contributed by atoms with E-state index in [2.05, 4.69) is 18.6 Å². The molecule has 1 N–H and O–H groups in total. The van der Waals surface area contributed by atoms with Crippen molar-refractivity contribution >= 4 is 10.0 Å². The van der Waals surface area contributed by atoms with Crippen LogP contribution in [0.4, 0.5) is 0 Å². The van der Waals surface area contributed by atoms with Gasteiger partial charge in [-0.3, -0.25) is 0 Å². The summed E-state index contributed by atoms with van der Waals surface area (Å²) >= 11 is 0. The Labute approximate surface area is 82.0 Å². The fourth-order valence-electron chi connectivity index (χ4n) is 0.967. The summed E-state index contributed by atoms with van der Waals surface area (Å²) in [7, 11) is -3.00. The maximum absolute atomic E-state index is 11.2. The van der Waals surface area contributed by atoms with E-state index in [9.17, 15) is 8.42 Å². The second-order valence-corrected chi connectivity index (χ2v) is 5.05. The van der Waals surface area contributed by atoms with Crippen molar-refractivity contribution in [1.82, 2.24) is 4.72 Å². The lowest BCUT2D eigenvalue weighted by Gasteiger charge is -2.04. The smallest absolute Gasteiger partial charge is 0.211 e. The Morgan fingerprint density at radius 2 is 1.92 bits per heavy atom. The van der Waals surface area contributed by atoms with Crippen LogP contribution in [0.5, 0.6) is 0 Å². The molecule has 0 unspecified atom stereocenters. The third-order valence-electron chi connectivity index (χ3n) is 1.77. The Bertz CT molecular complexity index is 184. The molecule has 0 amide bonds. The van der Waals surface area contributed by atoms with E-state index in [1.54, 1.807) is 0 Å². The van der Waals surface area contributed by atoms with Crippen molar-refractivity contribution in [3.63, 3.8) is 0 Å². The van der Waals surface area contributed by atoms with Crippen LogP contribution < -0.4 is 4.72 Å². The quantitative estimate of drug-likeness (QED) is 0.615. The molecule has 0 aromatic heterocycles. The van der Waals surface area contributed by atoms with Crippen molar-refractivity contribution < 1.29 is 8.42 Å². The van der Waals surface area contributed by atoms with E-state index in [4.69, 9.17) is 0 Å². The maximum atomic E-state index is 11.2. The normalized spacial score (nSPS) is 11.8.